The van der Waals surface area contributed by atoms with Crippen LogP contribution in [0.4, 0.5) is 11.4 Å². The van der Waals surface area contributed by atoms with E-state index < -0.39 is 18.0 Å². The first-order chi connectivity index (χ1) is 15.0. The largest absolute Gasteiger partial charge is 0.446 e. The van der Waals surface area contributed by atoms with Gasteiger partial charge in [0.2, 0.25) is 0 Å². The van der Waals surface area contributed by atoms with E-state index in [1.165, 1.54) is 17.4 Å². The van der Waals surface area contributed by atoms with Crippen LogP contribution in [0.25, 0.3) is 0 Å². The molecule has 0 saturated carbocycles. The van der Waals surface area contributed by atoms with E-state index in [0.717, 1.165) is 29.8 Å². The van der Waals surface area contributed by atoms with Crippen LogP contribution in [-0.4, -0.2) is 18.0 Å². The maximum absolute atomic E-state index is 12.9. The van der Waals surface area contributed by atoms with Gasteiger partial charge >= 0.3 is 11.9 Å². The fourth-order valence-electron chi connectivity index (χ4n) is 3.45. The highest BCUT2D eigenvalue weighted by Crippen LogP contribution is 2.25. The molecule has 0 fully saturated rings. The number of carbonyl (C=O) groups excluding carboxylic acids is 2. The zero-order valence-corrected chi connectivity index (χ0v) is 18.0. The van der Waals surface area contributed by atoms with Crippen molar-refractivity contribution in [1.29, 1.82) is 0 Å². The van der Waals surface area contributed by atoms with Crippen LogP contribution in [0.15, 0.2) is 84.5 Å². The van der Waals surface area contributed by atoms with E-state index in [0.29, 0.717) is 5.92 Å². The quantitative estimate of drug-likeness (QED) is 0.365. The molecule has 0 bridgehead atoms. The lowest BCUT2D eigenvalue weighted by molar-refractivity contribution is -0.139. The molecule has 31 heavy (non-hydrogen) atoms. The number of carbonyl (C=O) groups is 2. The molecule has 2 aromatic rings. The Labute approximate surface area is 184 Å². The standard InChI is InChI=1S/C27H27NO3/c1-21-10-9-11-23(20-21)17-19-27(30)31-22(2)16-18-26(29)28(24-12-5-3-6-13-24)25-14-7-4-8-15-25/h3-8,11-15,17,19,21-22H,9-10,20H2,1-2H3/b19-17+/t21?,22-/m1/s1. The summed E-state index contributed by atoms with van der Waals surface area (Å²) in [5.41, 5.74) is 2.59. The number of benzene rings is 2. The predicted molar refractivity (Wildman–Crippen MR) is 124 cm³/mol. The van der Waals surface area contributed by atoms with Gasteiger partial charge in [-0.15, -0.1) is 0 Å². The maximum atomic E-state index is 12.9. The molecule has 0 aliphatic heterocycles. The lowest BCUT2D eigenvalue weighted by Gasteiger charge is -2.20. The minimum atomic E-state index is -0.700. The second-order valence-electron chi connectivity index (χ2n) is 7.66. The van der Waals surface area contributed by atoms with E-state index in [2.05, 4.69) is 24.8 Å². The first kappa shape index (κ1) is 22.1. The molecule has 0 saturated heterocycles. The third-order valence-electron chi connectivity index (χ3n) is 4.99. The Balaban J connectivity index is 1.65. The average Bonchev–Trinajstić information content (AvgIpc) is 2.78. The van der Waals surface area contributed by atoms with Gasteiger partial charge in [-0.3, -0.25) is 9.69 Å². The van der Waals surface area contributed by atoms with Crippen molar-refractivity contribution in [3.8, 4) is 11.8 Å². The van der Waals surface area contributed by atoms with Crippen molar-refractivity contribution in [2.75, 3.05) is 4.90 Å². The summed E-state index contributed by atoms with van der Waals surface area (Å²) in [6.45, 7) is 3.87. The summed E-state index contributed by atoms with van der Waals surface area (Å²) in [4.78, 5) is 26.5. The summed E-state index contributed by atoms with van der Waals surface area (Å²) in [5, 5.41) is 0. The molecule has 0 N–H and O–H groups in total. The lowest BCUT2D eigenvalue weighted by Crippen LogP contribution is -2.24. The summed E-state index contributed by atoms with van der Waals surface area (Å²) in [6, 6.07) is 18.6. The van der Waals surface area contributed by atoms with Gasteiger partial charge in [0.05, 0.1) is 0 Å². The van der Waals surface area contributed by atoms with Crippen molar-refractivity contribution in [1.82, 2.24) is 0 Å². The molecule has 0 heterocycles. The second-order valence-corrected chi connectivity index (χ2v) is 7.66. The summed E-state index contributed by atoms with van der Waals surface area (Å²) < 4.78 is 5.31. The Morgan fingerprint density at radius 1 is 1.06 bits per heavy atom. The fourth-order valence-corrected chi connectivity index (χ4v) is 3.45. The number of esters is 1. The van der Waals surface area contributed by atoms with Crippen LogP contribution in [0.3, 0.4) is 0 Å². The van der Waals surface area contributed by atoms with E-state index in [4.69, 9.17) is 4.74 Å². The summed E-state index contributed by atoms with van der Waals surface area (Å²) in [6.07, 6.45) is 7.91. The van der Waals surface area contributed by atoms with Crippen LogP contribution in [0.1, 0.15) is 33.1 Å². The van der Waals surface area contributed by atoms with Crippen molar-refractivity contribution >= 4 is 23.3 Å². The second kappa shape index (κ2) is 11.0. The monoisotopic (exact) mass is 413 g/mol. The van der Waals surface area contributed by atoms with E-state index in [9.17, 15) is 9.59 Å². The molecule has 158 valence electrons. The highest BCUT2D eigenvalue weighted by atomic mass is 16.5. The van der Waals surface area contributed by atoms with Crippen LogP contribution < -0.4 is 4.90 Å². The molecule has 1 aliphatic rings. The Kier molecular flexibility index (Phi) is 7.84. The van der Waals surface area contributed by atoms with Crippen molar-refractivity contribution in [3.05, 3.63) is 84.5 Å². The van der Waals surface area contributed by atoms with E-state index in [1.54, 1.807) is 6.92 Å². The third kappa shape index (κ3) is 6.72. The lowest BCUT2D eigenvalue weighted by atomic mass is 9.90. The number of anilines is 2. The van der Waals surface area contributed by atoms with Gasteiger partial charge in [0, 0.05) is 17.5 Å². The van der Waals surface area contributed by atoms with Crippen LogP contribution in [0.5, 0.6) is 0 Å². The van der Waals surface area contributed by atoms with Gasteiger partial charge in [-0.1, -0.05) is 61.0 Å². The number of ether oxygens (including phenoxy) is 1. The molecule has 3 rings (SSSR count). The van der Waals surface area contributed by atoms with Crippen LogP contribution >= 0.6 is 0 Å². The number of hydrogen-bond acceptors (Lipinski definition) is 3. The molecule has 0 radical (unpaired) electrons. The molecule has 4 nitrogen and oxygen atoms in total. The zero-order valence-electron chi connectivity index (χ0n) is 18.0. The minimum absolute atomic E-state index is 0.391. The summed E-state index contributed by atoms with van der Waals surface area (Å²) in [7, 11) is 0. The molecule has 2 aromatic carbocycles. The van der Waals surface area contributed by atoms with E-state index >= 15 is 0 Å². The summed E-state index contributed by atoms with van der Waals surface area (Å²) >= 11 is 0. The van der Waals surface area contributed by atoms with Gasteiger partial charge in [-0.05, 0) is 68.2 Å². The third-order valence-corrected chi connectivity index (χ3v) is 4.99. The number of nitrogens with zero attached hydrogens (tertiary/aromatic N) is 1. The Bertz CT molecular complexity index is 973. The Morgan fingerprint density at radius 3 is 2.26 bits per heavy atom. The maximum Gasteiger partial charge on any atom is 0.331 e. The van der Waals surface area contributed by atoms with E-state index in [-0.39, 0.29) is 0 Å². The molecule has 2 atom stereocenters. The molecule has 4 heteroatoms. The van der Waals surface area contributed by atoms with Gasteiger partial charge < -0.3 is 4.74 Å². The Hall–Kier alpha value is -3.58. The number of amides is 1. The SMILES string of the molecule is CC1CCC=C(/C=C/C(=O)O[C@H](C)C#CC(=O)N(c2ccccc2)c2ccccc2)C1. The molecular weight excluding hydrogens is 386 g/mol. The van der Waals surface area contributed by atoms with Crippen LogP contribution in [0, 0.1) is 17.8 Å². The highest BCUT2D eigenvalue weighted by Gasteiger charge is 2.16. The average molecular weight is 414 g/mol. The Morgan fingerprint density at radius 2 is 1.68 bits per heavy atom. The molecule has 0 aromatic heterocycles. The van der Waals surface area contributed by atoms with Crippen molar-refractivity contribution in [2.45, 2.75) is 39.2 Å². The molecular formula is C27H27NO3. The summed E-state index contributed by atoms with van der Waals surface area (Å²) in [5.74, 6) is 5.15. The number of allylic oxidation sites excluding steroid dienone is 3. The minimum Gasteiger partial charge on any atom is -0.446 e. The number of para-hydroxylation sites is 2. The van der Waals surface area contributed by atoms with Gasteiger partial charge in [0.1, 0.15) is 0 Å². The van der Waals surface area contributed by atoms with Crippen LogP contribution in [-0.2, 0) is 14.3 Å². The molecule has 1 unspecified atom stereocenters. The van der Waals surface area contributed by atoms with Gasteiger partial charge in [0.25, 0.3) is 0 Å². The number of rotatable bonds is 5. The van der Waals surface area contributed by atoms with Crippen molar-refractivity contribution in [2.24, 2.45) is 5.92 Å². The predicted octanol–water partition coefficient (Wildman–Crippen LogP) is 5.59. The fraction of sp³-hybridized carbons (Fsp3) is 0.259. The number of hydrogen-bond donors (Lipinski definition) is 0. The van der Waals surface area contributed by atoms with Gasteiger partial charge in [-0.25, -0.2) is 4.79 Å². The van der Waals surface area contributed by atoms with Gasteiger partial charge in [0.15, 0.2) is 6.10 Å². The normalized spacial score (nSPS) is 16.6. The molecule has 1 amide bonds. The molecule has 0 spiro atoms. The highest BCUT2D eigenvalue weighted by molar-refractivity contribution is 6.10. The van der Waals surface area contributed by atoms with Crippen molar-refractivity contribution in [3.63, 3.8) is 0 Å². The zero-order chi connectivity index (χ0) is 22.1. The smallest absolute Gasteiger partial charge is 0.331 e. The van der Waals surface area contributed by atoms with Crippen LogP contribution in [0.2, 0.25) is 0 Å². The van der Waals surface area contributed by atoms with Gasteiger partial charge in [-0.2, -0.15) is 0 Å². The topological polar surface area (TPSA) is 46.6 Å². The first-order valence-corrected chi connectivity index (χ1v) is 10.6. The van der Waals surface area contributed by atoms with Crippen molar-refractivity contribution < 1.29 is 14.3 Å². The first-order valence-electron chi connectivity index (χ1n) is 10.6. The van der Waals surface area contributed by atoms with E-state index in [1.807, 2.05) is 66.7 Å². The molecule has 1 aliphatic carbocycles.